The van der Waals surface area contributed by atoms with Crippen LogP contribution in [-0.2, 0) is 6.54 Å². The first-order chi connectivity index (χ1) is 8.58. The Labute approximate surface area is 111 Å². The predicted octanol–water partition coefficient (Wildman–Crippen LogP) is 4.48. The van der Waals surface area contributed by atoms with E-state index in [9.17, 15) is 13.2 Å². The van der Waals surface area contributed by atoms with Gasteiger partial charge in [0.1, 0.15) is 23.1 Å². The highest BCUT2D eigenvalue weighted by molar-refractivity contribution is 9.10. The Kier molecular flexibility index (Phi) is 3.91. The van der Waals surface area contributed by atoms with E-state index in [1.165, 1.54) is 6.07 Å². The number of nitrogens with one attached hydrogen (secondary N) is 1. The zero-order chi connectivity index (χ0) is 13.1. The molecule has 5 heteroatoms. The van der Waals surface area contributed by atoms with E-state index in [4.69, 9.17) is 0 Å². The largest absolute Gasteiger partial charge is 0.376 e. The highest BCUT2D eigenvalue weighted by atomic mass is 79.9. The molecule has 0 atom stereocenters. The van der Waals surface area contributed by atoms with Crippen LogP contribution in [0.3, 0.4) is 0 Å². The first-order valence-electron chi connectivity index (χ1n) is 5.20. The Morgan fingerprint density at radius 1 is 0.944 bits per heavy atom. The molecule has 0 spiro atoms. The van der Waals surface area contributed by atoms with Crippen LogP contribution >= 0.6 is 15.9 Å². The van der Waals surface area contributed by atoms with E-state index in [-0.39, 0.29) is 12.2 Å². The van der Waals surface area contributed by atoms with E-state index < -0.39 is 17.5 Å². The summed E-state index contributed by atoms with van der Waals surface area (Å²) in [6, 6.07) is 8.36. The molecule has 2 aromatic carbocycles. The SMILES string of the molecule is Fc1ccccc1CNc1c(F)cc(Br)cc1F. The molecule has 0 unspecified atom stereocenters. The number of rotatable bonds is 3. The summed E-state index contributed by atoms with van der Waals surface area (Å²) in [7, 11) is 0. The number of hydrogen-bond acceptors (Lipinski definition) is 1. The Bertz CT molecular complexity index is 549. The smallest absolute Gasteiger partial charge is 0.150 e. The predicted molar refractivity (Wildman–Crippen MR) is 67.8 cm³/mol. The van der Waals surface area contributed by atoms with Crippen molar-refractivity contribution in [3.05, 3.63) is 63.9 Å². The highest BCUT2D eigenvalue weighted by Crippen LogP contribution is 2.24. The van der Waals surface area contributed by atoms with Gasteiger partial charge in [-0.15, -0.1) is 0 Å². The molecule has 0 aliphatic rings. The van der Waals surface area contributed by atoms with Gasteiger partial charge in [-0.2, -0.15) is 0 Å². The summed E-state index contributed by atoms with van der Waals surface area (Å²) in [5.74, 6) is -1.86. The molecule has 0 saturated carbocycles. The Morgan fingerprint density at radius 2 is 1.56 bits per heavy atom. The molecule has 0 fully saturated rings. The summed E-state index contributed by atoms with van der Waals surface area (Å²) in [5.41, 5.74) is 0.0840. The Morgan fingerprint density at radius 3 is 2.17 bits per heavy atom. The van der Waals surface area contributed by atoms with Crippen molar-refractivity contribution in [3.63, 3.8) is 0 Å². The summed E-state index contributed by atoms with van der Waals surface area (Å²) >= 11 is 2.99. The molecule has 0 aromatic heterocycles. The van der Waals surface area contributed by atoms with Crippen molar-refractivity contribution in [2.24, 2.45) is 0 Å². The van der Waals surface area contributed by atoms with E-state index in [0.717, 1.165) is 12.1 Å². The maximum Gasteiger partial charge on any atom is 0.150 e. The molecular weight excluding hydrogens is 307 g/mol. The third-order valence-electron chi connectivity index (χ3n) is 2.42. The van der Waals surface area contributed by atoms with E-state index in [1.807, 2.05) is 0 Å². The maximum absolute atomic E-state index is 13.5. The van der Waals surface area contributed by atoms with Crippen LogP contribution in [0.5, 0.6) is 0 Å². The monoisotopic (exact) mass is 315 g/mol. The third kappa shape index (κ3) is 2.85. The first-order valence-corrected chi connectivity index (χ1v) is 5.99. The van der Waals surface area contributed by atoms with Gasteiger partial charge in [-0.05, 0) is 18.2 Å². The van der Waals surface area contributed by atoms with E-state index in [1.54, 1.807) is 18.2 Å². The fraction of sp³-hybridized carbons (Fsp3) is 0.0769. The molecule has 2 aromatic rings. The van der Waals surface area contributed by atoms with Gasteiger partial charge in [0.05, 0.1) is 0 Å². The maximum atomic E-state index is 13.5. The van der Waals surface area contributed by atoms with Gasteiger partial charge in [0, 0.05) is 16.6 Å². The van der Waals surface area contributed by atoms with E-state index in [0.29, 0.717) is 10.0 Å². The van der Waals surface area contributed by atoms with Gasteiger partial charge in [-0.3, -0.25) is 0 Å². The summed E-state index contributed by atoms with van der Waals surface area (Å²) < 4.78 is 40.6. The van der Waals surface area contributed by atoms with Crippen LogP contribution in [0.25, 0.3) is 0 Å². The second kappa shape index (κ2) is 5.44. The molecule has 0 saturated heterocycles. The van der Waals surface area contributed by atoms with Gasteiger partial charge in [-0.25, -0.2) is 13.2 Å². The molecular formula is C13H9BrF3N. The lowest BCUT2D eigenvalue weighted by Crippen LogP contribution is -2.05. The van der Waals surface area contributed by atoms with Crippen LogP contribution in [0.4, 0.5) is 18.9 Å². The highest BCUT2D eigenvalue weighted by Gasteiger charge is 2.10. The zero-order valence-electron chi connectivity index (χ0n) is 9.18. The fourth-order valence-electron chi connectivity index (χ4n) is 1.54. The summed E-state index contributed by atoms with van der Waals surface area (Å²) in [5, 5.41) is 2.55. The number of halogens is 4. The minimum absolute atomic E-state index is 0.0160. The van der Waals surface area contributed by atoms with Gasteiger partial charge < -0.3 is 5.32 Å². The van der Waals surface area contributed by atoms with Crippen molar-refractivity contribution in [2.45, 2.75) is 6.54 Å². The molecule has 18 heavy (non-hydrogen) atoms. The molecule has 0 heterocycles. The van der Waals surface area contributed by atoms with Crippen molar-refractivity contribution < 1.29 is 13.2 Å². The van der Waals surface area contributed by atoms with E-state index >= 15 is 0 Å². The molecule has 94 valence electrons. The lowest BCUT2D eigenvalue weighted by Gasteiger charge is -2.09. The number of benzene rings is 2. The summed E-state index contributed by atoms with van der Waals surface area (Å²) in [4.78, 5) is 0. The van der Waals surface area contributed by atoms with Crippen LogP contribution in [-0.4, -0.2) is 0 Å². The summed E-state index contributed by atoms with van der Waals surface area (Å²) in [6.45, 7) is 0.0160. The molecule has 1 N–H and O–H groups in total. The van der Waals surface area contributed by atoms with Crippen molar-refractivity contribution in [2.75, 3.05) is 5.32 Å². The van der Waals surface area contributed by atoms with Crippen molar-refractivity contribution in [1.29, 1.82) is 0 Å². The fourth-order valence-corrected chi connectivity index (χ4v) is 1.94. The van der Waals surface area contributed by atoms with Crippen LogP contribution < -0.4 is 5.32 Å². The normalized spacial score (nSPS) is 10.4. The molecule has 0 bridgehead atoms. The van der Waals surface area contributed by atoms with Gasteiger partial charge in [0.15, 0.2) is 0 Å². The lowest BCUT2D eigenvalue weighted by atomic mass is 10.2. The first kappa shape index (κ1) is 13.0. The lowest BCUT2D eigenvalue weighted by molar-refractivity contribution is 0.584. The van der Waals surface area contributed by atoms with Gasteiger partial charge >= 0.3 is 0 Å². The average Bonchev–Trinajstić information content (AvgIpc) is 2.30. The van der Waals surface area contributed by atoms with Crippen LogP contribution in [0, 0.1) is 17.5 Å². The zero-order valence-corrected chi connectivity index (χ0v) is 10.8. The Hall–Kier alpha value is -1.49. The quantitative estimate of drug-likeness (QED) is 0.880. The summed E-state index contributed by atoms with van der Waals surface area (Å²) in [6.07, 6.45) is 0. The standard InChI is InChI=1S/C13H9BrF3N/c14-9-5-11(16)13(12(17)6-9)18-7-8-3-1-2-4-10(8)15/h1-6,18H,7H2. The number of hydrogen-bond donors (Lipinski definition) is 1. The molecule has 2 rings (SSSR count). The molecule has 1 nitrogen and oxygen atoms in total. The third-order valence-corrected chi connectivity index (χ3v) is 2.88. The van der Waals surface area contributed by atoms with Crippen molar-refractivity contribution in [1.82, 2.24) is 0 Å². The van der Waals surface area contributed by atoms with Crippen molar-refractivity contribution in [3.8, 4) is 0 Å². The minimum Gasteiger partial charge on any atom is -0.376 e. The molecule has 0 aliphatic carbocycles. The topological polar surface area (TPSA) is 12.0 Å². The van der Waals surface area contributed by atoms with Crippen molar-refractivity contribution >= 4 is 21.6 Å². The molecule has 0 aliphatic heterocycles. The van der Waals surface area contributed by atoms with Crippen LogP contribution in [0.2, 0.25) is 0 Å². The molecule has 0 amide bonds. The average molecular weight is 316 g/mol. The van der Waals surface area contributed by atoms with Crippen LogP contribution in [0.15, 0.2) is 40.9 Å². The van der Waals surface area contributed by atoms with Gasteiger partial charge in [0.2, 0.25) is 0 Å². The van der Waals surface area contributed by atoms with Crippen LogP contribution in [0.1, 0.15) is 5.56 Å². The number of anilines is 1. The second-order valence-electron chi connectivity index (χ2n) is 3.69. The van der Waals surface area contributed by atoms with Gasteiger partial charge in [-0.1, -0.05) is 34.1 Å². The van der Waals surface area contributed by atoms with Gasteiger partial charge in [0.25, 0.3) is 0 Å². The second-order valence-corrected chi connectivity index (χ2v) is 4.61. The Balaban J connectivity index is 2.19. The minimum atomic E-state index is -0.724. The molecule has 0 radical (unpaired) electrons. The van der Waals surface area contributed by atoms with E-state index in [2.05, 4.69) is 21.2 Å².